The second kappa shape index (κ2) is 10.2. The lowest BCUT2D eigenvalue weighted by molar-refractivity contribution is -0.205. The number of amides is 1. The third-order valence-electron chi connectivity index (χ3n) is 5.54. The molecule has 9 unspecified atom stereocenters. The number of carbonyl (C=O) groups excluding carboxylic acids is 1. The van der Waals surface area contributed by atoms with Gasteiger partial charge in [-0.3, -0.25) is 4.79 Å². The van der Waals surface area contributed by atoms with Gasteiger partial charge in [0.05, 0.1) is 17.5 Å². The molecular formula is C18H32ClFN2O5S. The fraction of sp³-hybridized carbons (Fsp3) is 0.944. The molecule has 0 aromatic heterocycles. The molecule has 2 aliphatic heterocycles. The lowest BCUT2D eigenvalue weighted by atomic mass is 9.85. The number of nitrogens with one attached hydrogen (secondary N) is 2. The third-order valence-corrected chi connectivity index (χ3v) is 6.67. The van der Waals surface area contributed by atoms with Crippen molar-refractivity contribution in [3.8, 4) is 0 Å². The number of carbonyl (C=O) groups is 1. The van der Waals surface area contributed by atoms with Gasteiger partial charge in [-0.1, -0.05) is 13.3 Å². The van der Waals surface area contributed by atoms with Crippen LogP contribution in [0.4, 0.5) is 4.39 Å². The summed E-state index contributed by atoms with van der Waals surface area (Å²) in [6.45, 7) is 3.95. The highest BCUT2D eigenvalue weighted by Gasteiger charge is 2.48. The van der Waals surface area contributed by atoms with E-state index < -0.39 is 58.9 Å². The van der Waals surface area contributed by atoms with E-state index in [-0.39, 0.29) is 6.42 Å². The molecule has 2 aliphatic rings. The molecule has 2 rings (SSSR count). The van der Waals surface area contributed by atoms with Crippen LogP contribution in [0.25, 0.3) is 0 Å². The highest BCUT2D eigenvalue weighted by atomic mass is 35.5. The Balaban J connectivity index is 2.10. The predicted octanol–water partition coefficient (Wildman–Crippen LogP) is 0.530. The van der Waals surface area contributed by atoms with Crippen molar-refractivity contribution >= 4 is 29.3 Å². The highest BCUT2D eigenvalue weighted by Crippen LogP contribution is 2.32. The Bertz CT molecular complexity index is 528. The minimum Gasteiger partial charge on any atom is -0.388 e. The first-order valence-electron chi connectivity index (χ1n) is 9.72. The van der Waals surface area contributed by atoms with Gasteiger partial charge in [-0.05, 0) is 32.6 Å². The van der Waals surface area contributed by atoms with E-state index >= 15 is 0 Å². The first-order chi connectivity index (χ1) is 13.1. The summed E-state index contributed by atoms with van der Waals surface area (Å²) in [4.78, 5) is 12.8. The van der Waals surface area contributed by atoms with Crippen molar-refractivity contribution in [3.05, 3.63) is 0 Å². The molecule has 10 heteroatoms. The fourth-order valence-corrected chi connectivity index (χ4v) is 4.85. The van der Waals surface area contributed by atoms with Gasteiger partial charge in [-0.2, -0.15) is 0 Å². The molecule has 0 aromatic carbocycles. The summed E-state index contributed by atoms with van der Waals surface area (Å²) in [6, 6.07) is -1.54. The van der Waals surface area contributed by atoms with E-state index in [0.29, 0.717) is 25.8 Å². The van der Waals surface area contributed by atoms with Crippen molar-refractivity contribution in [2.24, 2.45) is 0 Å². The van der Waals surface area contributed by atoms with Crippen molar-refractivity contribution in [3.63, 3.8) is 0 Å². The molecule has 0 spiro atoms. The van der Waals surface area contributed by atoms with Gasteiger partial charge in [-0.15, -0.1) is 23.4 Å². The number of piperidine rings is 1. The Kier molecular flexibility index (Phi) is 8.82. The van der Waals surface area contributed by atoms with E-state index in [1.165, 1.54) is 11.8 Å². The normalized spacial score (nSPS) is 41.3. The van der Waals surface area contributed by atoms with Crippen molar-refractivity contribution in [1.82, 2.24) is 10.6 Å². The van der Waals surface area contributed by atoms with Gasteiger partial charge in [0.1, 0.15) is 35.5 Å². The third kappa shape index (κ3) is 5.50. The molecule has 2 saturated heterocycles. The zero-order chi connectivity index (χ0) is 21.1. The topological polar surface area (TPSA) is 111 Å². The maximum absolute atomic E-state index is 14.9. The smallest absolute Gasteiger partial charge is 0.237 e. The Hall–Kier alpha value is -0.160. The van der Waals surface area contributed by atoms with E-state index in [0.717, 1.165) is 0 Å². The minimum absolute atomic E-state index is 0.0684. The van der Waals surface area contributed by atoms with E-state index in [2.05, 4.69) is 10.6 Å². The summed E-state index contributed by atoms with van der Waals surface area (Å²) in [6.07, 6.45) is -1.89. The van der Waals surface area contributed by atoms with Gasteiger partial charge in [0.25, 0.3) is 0 Å². The number of alkyl halides is 2. The lowest BCUT2D eigenvalue weighted by Gasteiger charge is -2.44. The van der Waals surface area contributed by atoms with Gasteiger partial charge in [0.2, 0.25) is 5.91 Å². The molecule has 28 heavy (non-hydrogen) atoms. The summed E-state index contributed by atoms with van der Waals surface area (Å²) in [7, 11) is 0. The van der Waals surface area contributed by atoms with E-state index in [9.17, 15) is 24.5 Å². The number of hydrogen-bond acceptors (Lipinski definition) is 7. The predicted molar refractivity (Wildman–Crippen MR) is 107 cm³/mol. The largest absolute Gasteiger partial charge is 0.388 e. The van der Waals surface area contributed by atoms with Crippen LogP contribution < -0.4 is 10.6 Å². The average Bonchev–Trinajstić information content (AvgIpc) is 2.64. The Morgan fingerprint density at radius 1 is 1.39 bits per heavy atom. The molecule has 0 aliphatic carbocycles. The van der Waals surface area contributed by atoms with Crippen molar-refractivity contribution < 1.29 is 29.2 Å². The first-order valence-corrected chi connectivity index (χ1v) is 11.4. The molecule has 2 heterocycles. The number of rotatable bonds is 7. The van der Waals surface area contributed by atoms with Gasteiger partial charge >= 0.3 is 0 Å². The molecular weight excluding hydrogens is 411 g/mol. The lowest BCUT2D eigenvalue weighted by Crippen LogP contribution is -2.65. The number of hydrogen-bond donors (Lipinski definition) is 5. The van der Waals surface area contributed by atoms with Crippen LogP contribution in [0.3, 0.4) is 0 Å². The van der Waals surface area contributed by atoms with Crippen LogP contribution in [-0.4, -0.2) is 87.0 Å². The summed E-state index contributed by atoms with van der Waals surface area (Å²) >= 11 is 7.44. The van der Waals surface area contributed by atoms with E-state index in [1.807, 2.05) is 6.92 Å². The molecule has 0 radical (unpaired) electrons. The van der Waals surface area contributed by atoms with Crippen LogP contribution in [0.1, 0.15) is 39.5 Å². The van der Waals surface area contributed by atoms with E-state index in [1.54, 1.807) is 13.2 Å². The molecule has 5 N–H and O–H groups in total. The van der Waals surface area contributed by atoms with Crippen LogP contribution in [0.15, 0.2) is 0 Å². The number of aliphatic hydroxyl groups is 3. The molecule has 0 saturated carbocycles. The monoisotopic (exact) mass is 442 g/mol. The average molecular weight is 443 g/mol. The van der Waals surface area contributed by atoms with Crippen LogP contribution in [0, 0.1) is 0 Å². The summed E-state index contributed by atoms with van der Waals surface area (Å²) in [5, 5.41) is 35.7. The zero-order valence-electron chi connectivity index (χ0n) is 16.5. The zero-order valence-corrected chi connectivity index (χ0v) is 18.0. The Labute approximate surface area is 174 Å². The standard InChI is InChI=1S/C18H32ClFN2O5S/c1-4-5-18(20)6-7-21-10(8-18)16(26)22-11(9(2)19)15-13(24)12(23)14(25)17(27-15)28-3/h9-15,17,21,23-25H,4-8H2,1-3H3,(H,22,26). The van der Waals surface area contributed by atoms with Gasteiger partial charge in [0.15, 0.2) is 0 Å². The summed E-state index contributed by atoms with van der Waals surface area (Å²) < 4.78 is 20.6. The minimum atomic E-state index is -1.43. The van der Waals surface area contributed by atoms with Crippen LogP contribution >= 0.6 is 23.4 Å². The molecule has 2 fully saturated rings. The Morgan fingerprint density at radius 3 is 2.64 bits per heavy atom. The number of aliphatic hydroxyl groups excluding tert-OH is 3. The molecule has 1 amide bonds. The molecule has 164 valence electrons. The second-order valence-corrected chi connectivity index (χ2v) is 9.37. The number of thioether (sulfide) groups is 1. The van der Waals surface area contributed by atoms with Crippen LogP contribution in [0.2, 0.25) is 0 Å². The van der Waals surface area contributed by atoms with Gasteiger partial charge < -0.3 is 30.7 Å². The van der Waals surface area contributed by atoms with Gasteiger partial charge in [0, 0.05) is 6.42 Å². The Morgan fingerprint density at radius 2 is 2.07 bits per heavy atom. The molecule has 0 bridgehead atoms. The van der Waals surface area contributed by atoms with Crippen molar-refractivity contribution in [1.29, 1.82) is 0 Å². The first kappa shape index (κ1) is 24.1. The molecule has 7 nitrogen and oxygen atoms in total. The summed E-state index contributed by atoms with van der Waals surface area (Å²) in [5.74, 6) is -0.424. The number of halogens is 2. The quantitative estimate of drug-likeness (QED) is 0.366. The molecule has 0 aromatic rings. The number of ether oxygens (including phenoxy) is 1. The van der Waals surface area contributed by atoms with Crippen LogP contribution in [0.5, 0.6) is 0 Å². The van der Waals surface area contributed by atoms with Crippen LogP contribution in [-0.2, 0) is 9.53 Å². The SMILES string of the molecule is CCCC1(F)CCNC(C(=O)NC(C(C)Cl)C2OC(SC)C(O)C(O)C2O)C1. The van der Waals surface area contributed by atoms with Crippen molar-refractivity contribution in [2.45, 2.75) is 92.5 Å². The maximum Gasteiger partial charge on any atom is 0.237 e. The van der Waals surface area contributed by atoms with Gasteiger partial charge in [-0.25, -0.2) is 4.39 Å². The van der Waals surface area contributed by atoms with Crippen molar-refractivity contribution in [2.75, 3.05) is 12.8 Å². The van der Waals surface area contributed by atoms with E-state index in [4.69, 9.17) is 16.3 Å². The second-order valence-electron chi connectivity index (χ2n) is 7.75. The summed E-state index contributed by atoms with van der Waals surface area (Å²) in [5.41, 5.74) is -2.15. The fourth-order valence-electron chi connectivity index (χ4n) is 3.96. The highest BCUT2D eigenvalue weighted by molar-refractivity contribution is 7.99. The maximum atomic E-state index is 14.9. The molecule has 9 atom stereocenters.